The Morgan fingerprint density at radius 2 is 1.59 bits per heavy atom. The highest BCUT2D eigenvalue weighted by Crippen LogP contribution is 2.41. The highest BCUT2D eigenvalue weighted by molar-refractivity contribution is 7.45. The maximum Gasteiger partial charge on any atom is 0.270 e. The number of unbranched alkanes of at least 4 members (excludes halogenated alkanes) is 7. The molecule has 1 heterocycles. The normalized spacial score (nSPS) is 16.4. The van der Waals surface area contributed by atoms with Crippen molar-refractivity contribution in [3.63, 3.8) is 0 Å². The van der Waals surface area contributed by atoms with Gasteiger partial charge in [-0.3, -0.25) is 9.09 Å². The Morgan fingerprint density at radius 1 is 0.969 bits per heavy atom. The van der Waals surface area contributed by atoms with Crippen LogP contribution in [0.25, 0.3) is 0 Å². The molecule has 0 saturated heterocycles. The molecule has 0 amide bonds. The largest absolute Gasteiger partial charge is 0.756 e. The maximum absolute atomic E-state index is 12.4. The van der Waals surface area contributed by atoms with E-state index in [4.69, 9.17) is 18.5 Å². The predicted molar refractivity (Wildman–Crippen MR) is 124 cm³/mol. The van der Waals surface area contributed by atoms with Crippen LogP contribution in [0.2, 0.25) is 0 Å². The minimum Gasteiger partial charge on any atom is -0.756 e. The monoisotopic (exact) mass is 473 g/mol. The van der Waals surface area contributed by atoms with Crippen LogP contribution in [0.3, 0.4) is 0 Å². The Labute approximate surface area is 195 Å². The molecule has 0 saturated carbocycles. The second-order valence-corrected chi connectivity index (χ2v) is 9.60. The van der Waals surface area contributed by atoms with E-state index in [1.807, 2.05) is 42.1 Å². The van der Waals surface area contributed by atoms with Crippen LogP contribution in [-0.2, 0) is 29.6 Å². The third kappa shape index (κ3) is 13.7. The van der Waals surface area contributed by atoms with E-state index in [9.17, 15) is 9.46 Å². The maximum atomic E-state index is 12.4. The van der Waals surface area contributed by atoms with Crippen molar-refractivity contribution in [3.8, 4) is 0 Å². The minimum atomic E-state index is -4.54. The van der Waals surface area contributed by atoms with Gasteiger partial charge < -0.3 is 18.9 Å². The molecule has 0 N–H and O–H groups in total. The lowest BCUT2D eigenvalue weighted by atomic mass is 10.0. The van der Waals surface area contributed by atoms with Crippen LogP contribution in [0.5, 0.6) is 0 Å². The first-order valence-corrected chi connectivity index (χ1v) is 13.6. The highest BCUT2D eigenvalue weighted by Gasteiger charge is 2.27. The summed E-state index contributed by atoms with van der Waals surface area (Å²) in [6, 6.07) is 5.63. The van der Waals surface area contributed by atoms with E-state index < -0.39 is 20.2 Å². The number of phosphoric acid groups is 1. The molecule has 0 radical (unpaired) electrons. The zero-order valence-corrected chi connectivity index (χ0v) is 21.3. The molecule has 0 bridgehead atoms. The number of pyridine rings is 1. The third-order valence-corrected chi connectivity index (χ3v) is 6.49. The van der Waals surface area contributed by atoms with Crippen molar-refractivity contribution >= 4 is 7.82 Å². The quantitative estimate of drug-likeness (QED) is 0.113. The van der Waals surface area contributed by atoms with E-state index in [0.717, 1.165) is 25.7 Å². The van der Waals surface area contributed by atoms with Crippen LogP contribution in [0.1, 0.15) is 85.0 Å². The average molecular weight is 474 g/mol. The smallest absolute Gasteiger partial charge is 0.270 e. The van der Waals surface area contributed by atoms with Gasteiger partial charge in [0.2, 0.25) is 0 Å². The van der Waals surface area contributed by atoms with E-state index in [1.165, 1.54) is 45.6 Å². The van der Waals surface area contributed by atoms with Crippen molar-refractivity contribution in [1.29, 1.82) is 0 Å². The zero-order chi connectivity index (χ0) is 23.7. The molecule has 0 aliphatic heterocycles. The molecule has 4 atom stereocenters. The molecule has 1 rings (SSSR count). The van der Waals surface area contributed by atoms with Gasteiger partial charge in [-0.1, -0.05) is 71.3 Å². The van der Waals surface area contributed by atoms with Gasteiger partial charge in [-0.2, -0.15) is 0 Å². The number of hydrogen-bond acceptors (Lipinski definition) is 6. The van der Waals surface area contributed by atoms with Crippen molar-refractivity contribution in [3.05, 3.63) is 30.6 Å². The van der Waals surface area contributed by atoms with Crippen LogP contribution in [-0.4, -0.2) is 32.2 Å². The lowest BCUT2D eigenvalue weighted by Crippen LogP contribution is -2.37. The number of aromatic nitrogens is 1. The number of nitrogens with zero attached hydrogens (tertiary/aromatic N) is 1. The van der Waals surface area contributed by atoms with Crippen LogP contribution in [0.15, 0.2) is 30.6 Å². The molecule has 32 heavy (non-hydrogen) atoms. The number of hydrogen-bond donors (Lipinski definition) is 0. The standard InChI is InChI=1S/C24H44NO6P/c1-5-7-8-9-10-11-12-14-17-23(6-2)30-24(22(3)28-4)31-32(26,27)29-21-20-25-18-15-13-16-19-25/h13,15-16,18-19,22-24H,5-12,14,17,20-21H2,1-4H3. The molecule has 0 aromatic carbocycles. The second kappa shape index (κ2) is 17.6. The molecular formula is C24H44NO6P. The Morgan fingerprint density at radius 3 is 2.19 bits per heavy atom. The van der Waals surface area contributed by atoms with Gasteiger partial charge in [-0.05, 0) is 19.8 Å². The topological polar surface area (TPSA) is 80.9 Å². The van der Waals surface area contributed by atoms with Crippen LogP contribution >= 0.6 is 7.82 Å². The molecular weight excluding hydrogens is 429 g/mol. The Hall–Kier alpha value is -0.820. The van der Waals surface area contributed by atoms with Gasteiger partial charge in [0.1, 0.15) is 12.7 Å². The van der Waals surface area contributed by atoms with E-state index in [0.29, 0.717) is 6.54 Å². The lowest BCUT2D eigenvalue weighted by molar-refractivity contribution is -0.697. The molecule has 1 aromatic heterocycles. The van der Waals surface area contributed by atoms with E-state index in [1.54, 1.807) is 6.92 Å². The summed E-state index contributed by atoms with van der Waals surface area (Å²) in [6.07, 6.45) is 13.6. The molecule has 0 aliphatic carbocycles. The summed E-state index contributed by atoms with van der Waals surface area (Å²) < 4.78 is 35.8. The summed E-state index contributed by atoms with van der Waals surface area (Å²) in [5.41, 5.74) is 0. The fourth-order valence-electron chi connectivity index (χ4n) is 3.40. The zero-order valence-electron chi connectivity index (χ0n) is 20.4. The summed E-state index contributed by atoms with van der Waals surface area (Å²) in [4.78, 5) is 12.4. The lowest BCUT2D eigenvalue weighted by Gasteiger charge is -2.32. The molecule has 7 nitrogen and oxygen atoms in total. The number of rotatable bonds is 20. The van der Waals surface area contributed by atoms with Crippen molar-refractivity contribution < 1.29 is 32.5 Å². The van der Waals surface area contributed by atoms with Crippen LogP contribution in [0.4, 0.5) is 0 Å². The van der Waals surface area contributed by atoms with Gasteiger partial charge in [0.15, 0.2) is 25.2 Å². The van der Waals surface area contributed by atoms with E-state index >= 15 is 0 Å². The highest BCUT2D eigenvalue weighted by atomic mass is 31.2. The molecule has 186 valence electrons. The van der Waals surface area contributed by atoms with E-state index in [-0.39, 0.29) is 12.7 Å². The summed E-state index contributed by atoms with van der Waals surface area (Å²) in [5, 5.41) is 0. The first kappa shape index (κ1) is 29.2. The summed E-state index contributed by atoms with van der Waals surface area (Å²) in [5.74, 6) is 0. The fourth-order valence-corrected chi connectivity index (χ4v) is 4.24. The van der Waals surface area contributed by atoms with Crippen molar-refractivity contribution in [2.75, 3.05) is 13.7 Å². The van der Waals surface area contributed by atoms with Crippen molar-refractivity contribution in [2.24, 2.45) is 0 Å². The van der Waals surface area contributed by atoms with Crippen molar-refractivity contribution in [2.45, 2.75) is 110 Å². The molecule has 0 aliphatic rings. The third-order valence-electron chi connectivity index (χ3n) is 5.53. The fraction of sp³-hybridized carbons (Fsp3) is 0.792. The number of phosphoric ester groups is 1. The minimum absolute atomic E-state index is 0.0149. The molecule has 1 aromatic rings. The molecule has 0 spiro atoms. The SMILES string of the molecule is CCCCCCCCCCC(CC)OC(OP(=O)([O-])OCC[n+]1ccccc1)C(C)OC. The number of ether oxygens (including phenoxy) is 2. The Bertz CT molecular complexity index is 618. The van der Waals surface area contributed by atoms with Crippen LogP contribution in [0, 0.1) is 0 Å². The van der Waals surface area contributed by atoms with Crippen molar-refractivity contribution in [1.82, 2.24) is 0 Å². The molecule has 0 fully saturated rings. The first-order valence-electron chi connectivity index (χ1n) is 12.2. The second-order valence-electron chi connectivity index (χ2n) is 8.24. The molecule has 4 unspecified atom stereocenters. The van der Waals surface area contributed by atoms with Gasteiger partial charge >= 0.3 is 0 Å². The number of methoxy groups -OCH3 is 1. The average Bonchev–Trinajstić information content (AvgIpc) is 2.79. The molecule has 8 heteroatoms. The van der Waals surface area contributed by atoms with Crippen LogP contribution < -0.4 is 9.46 Å². The van der Waals surface area contributed by atoms with E-state index in [2.05, 4.69) is 6.92 Å². The van der Waals surface area contributed by atoms with Gasteiger partial charge in [0, 0.05) is 19.2 Å². The van der Waals surface area contributed by atoms with Gasteiger partial charge in [0.05, 0.1) is 6.10 Å². The first-order chi connectivity index (χ1) is 15.4. The Balaban J connectivity index is 2.43. The predicted octanol–water partition coefficient (Wildman–Crippen LogP) is 5.16. The Kier molecular flexibility index (Phi) is 16.1. The summed E-state index contributed by atoms with van der Waals surface area (Å²) in [7, 11) is -3.03. The summed E-state index contributed by atoms with van der Waals surface area (Å²) in [6.45, 7) is 6.38. The van der Waals surface area contributed by atoms with Gasteiger partial charge in [-0.25, -0.2) is 4.57 Å². The summed E-state index contributed by atoms with van der Waals surface area (Å²) >= 11 is 0. The van der Waals surface area contributed by atoms with Gasteiger partial charge in [0.25, 0.3) is 7.82 Å². The van der Waals surface area contributed by atoms with Gasteiger partial charge in [-0.15, -0.1) is 0 Å².